The normalized spacial score (nSPS) is 30.6. The van der Waals surface area contributed by atoms with Crippen LogP contribution in [0.25, 0.3) is 0 Å². The van der Waals surface area contributed by atoms with Crippen molar-refractivity contribution in [3.05, 3.63) is 36.5 Å². The number of carboxylic acid groups (broad SMARTS) is 1. The van der Waals surface area contributed by atoms with Crippen molar-refractivity contribution in [1.82, 2.24) is 0 Å². The summed E-state index contributed by atoms with van der Waals surface area (Å²) in [6.45, 7) is 0. The molecule has 0 aliphatic heterocycles. The SMILES string of the molecule is NC1C=CC(C(=O)O)C1.NC1C=CC(C(O)O)C1.NC1C=CC(C(O)O)C1.[I][V]([I])[I]. The molecule has 0 bridgehead atoms. The topological polar surface area (TPSA) is 196 Å². The first kappa shape index (κ1) is 32.2. The molecule has 3 rings (SSSR count). The van der Waals surface area contributed by atoms with Gasteiger partial charge in [0.1, 0.15) is 0 Å². The number of carbonyl (C=O) groups is 1. The van der Waals surface area contributed by atoms with E-state index in [0.717, 1.165) is 0 Å². The van der Waals surface area contributed by atoms with Gasteiger partial charge in [-0.25, -0.2) is 0 Å². The standard InChI is InChI=1S/2C6H11NO2.C6H9NO2.3HI.V/c3*7-5-2-1-4(3-5)6(8)9;;;;/h2*1-2,4-6,8-9H,3,7H2;1-2,4-5H,3,7H2,(H,8,9);3*1H;/q;;;;;;+3/p-3. The molecule has 0 saturated heterocycles. The summed E-state index contributed by atoms with van der Waals surface area (Å²) >= 11 is 7.39. The predicted octanol–water partition coefficient (Wildman–Crippen LogP) is 1.03. The minimum atomic E-state index is -1.24. The fourth-order valence-electron chi connectivity index (χ4n) is 2.87. The Kier molecular flexibility index (Phi) is 18.3. The van der Waals surface area contributed by atoms with E-state index in [1.54, 1.807) is 36.5 Å². The van der Waals surface area contributed by atoms with Crippen LogP contribution in [0, 0.1) is 17.8 Å². The third-order valence-electron chi connectivity index (χ3n) is 4.50. The molecule has 0 aromatic heterocycles. The molecule has 0 saturated carbocycles. The Morgan fingerprint density at radius 1 is 0.742 bits per heavy atom. The predicted molar refractivity (Wildman–Crippen MR) is 142 cm³/mol. The zero-order valence-electron chi connectivity index (χ0n) is 16.7. The zero-order chi connectivity index (χ0) is 24.1. The van der Waals surface area contributed by atoms with Crippen LogP contribution in [0.1, 0.15) is 19.3 Å². The van der Waals surface area contributed by atoms with Crippen LogP contribution in [-0.2, 0) is 9.72 Å². The van der Waals surface area contributed by atoms with Crippen LogP contribution in [0.5, 0.6) is 0 Å². The van der Waals surface area contributed by atoms with Gasteiger partial charge in [0.05, 0.1) is 5.92 Å². The van der Waals surface area contributed by atoms with Gasteiger partial charge < -0.3 is 42.7 Å². The van der Waals surface area contributed by atoms with E-state index in [1.165, 1.54) is 0 Å². The summed E-state index contributed by atoms with van der Waals surface area (Å²) in [5, 5.41) is 42.9. The molecular weight excluding hydrogens is 786 g/mol. The molecular formula is C18H31I3N3O6V. The van der Waals surface area contributed by atoms with Crippen LogP contribution in [0.4, 0.5) is 0 Å². The first-order chi connectivity index (χ1) is 14.3. The maximum atomic E-state index is 10.2. The molecule has 6 unspecified atom stereocenters. The molecule has 6 atom stereocenters. The van der Waals surface area contributed by atoms with E-state index in [2.05, 4.69) is 59.9 Å². The Balaban J connectivity index is 0.000000402. The molecule has 0 aromatic rings. The third kappa shape index (κ3) is 16.4. The summed E-state index contributed by atoms with van der Waals surface area (Å²) in [6, 6.07) is -0.0281. The molecule has 31 heavy (non-hydrogen) atoms. The molecule has 13 heteroatoms. The average molecular weight is 817 g/mol. The van der Waals surface area contributed by atoms with Crippen LogP contribution in [0.3, 0.4) is 0 Å². The van der Waals surface area contributed by atoms with Gasteiger partial charge in [-0.1, -0.05) is 36.5 Å². The zero-order valence-corrected chi connectivity index (χ0v) is 24.5. The number of halogens is 3. The average Bonchev–Trinajstić information content (AvgIpc) is 3.37. The summed E-state index contributed by atoms with van der Waals surface area (Å²) < 4.78 is 0. The number of aliphatic carboxylic acids is 1. The van der Waals surface area contributed by atoms with Crippen LogP contribution in [0.15, 0.2) is 36.5 Å². The van der Waals surface area contributed by atoms with Gasteiger partial charge in [0.25, 0.3) is 0 Å². The molecule has 0 fully saturated rings. The number of carboxylic acids is 1. The fourth-order valence-corrected chi connectivity index (χ4v) is 2.87. The number of hydrogen-bond donors (Lipinski definition) is 8. The molecule has 11 N–H and O–H groups in total. The van der Waals surface area contributed by atoms with Crippen LogP contribution < -0.4 is 17.2 Å². The quantitative estimate of drug-likeness (QED) is 0.117. The Morgan fingerprint density at radius 2 is 1.06 bits per heavy atom. The Labute approximate surface area is 220 Å². The maximum absolute atomic E-state index is 10.2. The molecule has 0 aromatic carbocycles. The number of aliphatic hydroxyl groups is 4. The molecule has 0 amide bonds. The first-order valence-corrected chi connectivity index (χ1v) is 22.9. The molecule has 3 aliphatic carbocycles. The van der Waals surface area contributed by atoms with Gasteiger partial charge in [-0.3, -0.25) is 4.79 Å². The van der Waals surface area contributed by atoms with Gasteiger partial charge in [0.2, 0.25) is 0 Å². The van der Waals surface area contributed by atoms with E-state index >= 15 is 0 Å². The van der Waals surface area contributed by atoms with Gasteiger partial charge in [-0.05, 0) is 19.3 Å². The van der Waals surface area contributed by atoms with Crippen molar-refractivity contribution in [2.24, 2.45) is 35.0 Å². The van der Waals surface area contributed by atoms with E-state index < -0.39 is 18.5 Å². The van der Waals surface area contributed by atoms with Crippen LogP contribution in [0.2, 0.25) is 0 Å². The molecule has 0 heterocycles. The van der Waals surface area contributed by atoms with Gasteiger partial charge in [-0.15, -0.1) is 0 Å². The van der Waals surface area contributed by atoms with E-state index in [0.29, 0.717) is 19.3 Å². The fraction of sp³-hybridized carbons (Fsp3) is 0.611. The van der Waals surface area contributed by atoms with E-state index in [9.17, 15) is 4.79 Å². The Bertz CT molecular complexity index is 577. The number of hydrogen-bond acceptors (Lipinski definition) is 8. The van der Waals surface area contributed by atoms with E-state index in [1.807, 2.05) is 0 Å². The van der Waals surface area contributed by atoms with Crippen molar-refractivity contribution in [2.45, 2.75) is 50.0 Å². The molecule has 9 nitrogen and oxygen atoms in total. The van der Waals surface area contributed by atoms with E-state index in [-0.39, 0.29) is 40.8 Å². The van der Waals surface area contributed by atoms with Crippen molar-refractivity contribution in [3.63, 3.8) is 0 Å². The van der Waals surface area contributed by atoms with Crippen molar-refractivity contribution in [2.75, 3.05) is 0 Å². The van der Waals surface area contributed by atoms with Crippen molar-refractivity contribution >= 4 is 65.9 Å². The minimum absolute atomic E-state index is 0.0109. The molecule has 180 valence electrons. The summed E-state index contributed by atoms with van der Waals surface area (Å²) in [5.41, 5.74) is 16.3. The van der Waals surface area contributed by atoms with Gasteiger partial charge in [-0.2, -0.15) is 0 Å². The third-order valence-corrected chi connectivity index (χ3v) is 4.50. The second-order valence-corrected chi connectivity index (χ2v) is 42.5. The Hall–Kier alpha value is 1.18. The molecule has 0 radical (unpaired) electrons. The summed E-state index contributed by atoms with van der Waals surface area (Å²) in [6.07, 6.45) is 9.83. The molecule has 3 aliphatic rings. The Morgan fingerprint density at radius 3 is 1.19 bits per heavy atom. The monoisotopic (exact) mass is 817 g/mol. The second kappa shape index (κ2) is 17.6. The summed E-state index contributed by atoms with van der Waals surface area (Å²) in [5.74, 6) is -1.43. The van der Waals surface area contributed by atoms with Crippen molar-refractivity contribution in [3.8, 4) is 0 Å². The summed E-state index contributed by atoms with van der Waals surface area (Å²) in [4.78, 5) is 9.96. The van der Waals surface area contributed by atoms with Gasteiger partial charge >= 0.3 is 70.8 Å². The first-order valence-electron chi connectivity index (χ1n) is 9.37. The van der Waals surface area contributed by atoms with Crippen LogP contribution in [-0.4, -0.2) is 62.2 Å². The van der Waals surface area contributed by atoms with Gasteiger partial charge in [0, 0.05) is 30.0 Å². The van der Waals surface area contributed by atoms with E-state index in [4.69, 9.17) is 42.7 Å². The van der Waals surface area contributed by atoms with Crippen LogP contribution >= 0.6 is 59.9 Å². The van der Waals surface area contributed by atoms with Gasteiger partial charge in [0.15, 0.2) is 12.6 Å². The molecule has 0 spiro atoms. The van der Waals surface area contributed by atoms with Crippen molar-refractivity contribution in [1.29, 1.82) is 0 Å². The number of rotatable bonds is 3. The summed E-state index contributed by atoms with van der Waals surface area (Å²) in [7, 11) is 0. The second-order valence-electron chi connectivity index (χ2n) is 7.14. The number of aliphatic hydroxyl groups excluding tert-OH is 2. The van der Waals surface area contributed by atoms with Crippen molar-refractivity contribution < 1.29 is 35.2 Å². The number of nitrogens with two attached hydrogens (primary N) is 3.